The van der Waals surface area contributed by atoms with E-state index in [4.69, 9.17) is 4.98 Å². The van der Waals surface area contributed by atoms with Gasteiger partial charge in [-0.25, -0.2) is 4.98 Å². The minimum absolute atomic E-state index is 0.0559. The first-order chi connectivity index (χ1) is 14.4. The van der Waals surface area contributed by atoms with Crippen LogP contribution in [0.15, 0.2) is 18.2 Å². The normalized spacial score (nSPS) is 18.7. The van der Waals surface area contributed by atoms with E-state index in [0.717, 1.165) is 29.9 Å². The zero-order chi connectivity index (χ0) is 21.3. The Morgan fingerprint density at radius 2 is 1.77 bits per heavy atom. The van der Waals surface area contributed by atoms with Gasteiger partial charge < -0.3 is 14.4 Å². The van der Waals surface area contributed by atoms with Gasteiger partial charge >= 0.3 is 0 Å². The fraction of sp³-hybridized carbons (Fsp3) is 0.609. The fourth-order valence-electron chi connectivity index (χ4n) is 4.78. The molecule has 2 amide bonds. The molecule has 7 nitrogen and oxygen atoms in total. The number of nitrogens with zero attached hydrogens (tertiary/aromatic N) is 5. The molecule has 2 heterocycles. The van der Waals surface area contributed by atoms with Crippen molar-refractivity contribution in [1.29, 1.82) is 0 Å². The fourth-order valence-corrected chi connectivity index (χ4v) is 4.78. The Morgan fingerprint density at radius 1 is 1.07 bits per heavy atom. The van der Waals surface area contributed by atoms with Gasteiger partial charge in [0.25, 0.3) is 5.91 Å². The van der Waals surface area contributed by atoms with Gasteiger partial charge in [-0.2, -0.15) is 0 Å². The molecule has 2 aromatic rings. The number of aromatic nitrogens is 2. The van der Waals surface area contributed by atoms with Crippen molar-refractivity contribution in [1.82, 2.24) is 24.3 Å². The second-order valence-electron chi connectivity index (χ2n) is 8.88. The second-order valence-corrected chi connectivity index (χ2v) is 8.88. The molecular formula is C23H33N5O2. The predicted molar refractivity (Wildman–Crippen MR) is 118 cm³/mol. The summed E-state index contributed by atoms with van der Waals surface area (Å²) >= 11 is 0. The lowest BCUT2D eigenvalue weighted by Crippen LogP contribution is -2.51. The third kappa shape index (κ3) is 4.21. The summed E-state index contributed by atoms with van der Waals surface area (Å²) in [4.78, 5) is 35.4. The Kier molecular flexibility index (Phi) is 6.09. The van der Waals surface area contributed by atoms with Crippen LogP contribution in [-0.2, 0) is 4.79 Å². The Balaban J connectivity index is 1.45. The average Bonchev–Trinajstić information content (AvgIpc) is 3.09. The minimum Gasteiger partial charge on any atom is -0.348 e. The lowest BCUT2D eigenvalue weighted by atomic mass is 9.95. The summed E-state index contributed by atoms with van der Waals surface area (Å²) < 4.78 is 2.38. The summed E-state index contributed by atoms with van der Waals surface area (Å²) in [7, 11) is 3.55. The second kappa shape index (κ2) is 8.76. The third-order valence-corrected chi connectivity index (χ3v) is 6.57. The highest BCUT2D eigenvalue weighted by Gasteiger charge is 2.25. The van der Waals surface area contributed by atoms with Gasteiger partial charge in [0.2, 0.25) is 5.91 Å². The van der Waals surface area contributed by atoms with Crippen molar-refractivity contribution in [2.75, 3.05) is 46.8 Å². The van der Waals surface area contributed by atoms with Gasteiger partial charge in [-0.1, -0.05) is 19.3 Å². The molecule has 0 bridgehead atoms. The van der Waals surface area contributed by atoms with Crippen LogP contribution in [0.3, 0.4) is 0 Å². The summed E-state index contributed by atoms with van der Waals surface area (Å²) in [6.45, 7) is 5.23. The van der Waals surface area contributed by atoms with Crippen molar-refractivity contribution in [3.05, 3.63) is 29.6 Å². The first-order valence-electron chi connectivity index (χ1n) is 11.1. The molecule has 1 aliphatic carbocycles. The number of fused-ring (bicyclic) bond motifs is 1. The van der Waals surface area contributed by atoms with E-state index in [1.54, 1.807) is 19.0 Å². The third-order valence-electron chi connectivity index (χ3n) is 6.57. The molecule has 0 radical (unpaired) electrons. The molecule has 162 valence electrons. The number of likely N-dealkylation sites (N-methyl/N-ethyl adjacent to an activating group) is 1. The van der Waals surface area contributed by atoms with Gasteiger partial charge in [-0.3, -0.25) is 14.5 Å². The van der Waals surface area contributed by atoms with Gasteiger partial charge in [0.05, 0.1) is 17.6 Å². The van der Waals surface area contributed by atoms with Crippen molar-refractivity contribution >= 4 is 22.8 Å². The van der Waals surface area contributed by atoms with Gasteiger partial charge in [0.15, 0.2) is 0 Å². The predicted octanol–water partition coefficient (Wildman–Crippen LogP) is 2.70. The maximum atomic E-state index is 13.1. The van der Waals surface area contributed by atoms with E-state index in [1.165, 1.54) is 32.1 Å². The van der Waals surface area contributed by atoms with Crippen molar-refractivity contribution in [3.8, 4) is 0 Å². The first kappa shape index (κ1) is 20.8. The van der Waals surface area contributed by atoms with Gasteiger partial charge in [-0.05, 0) is 38.0 Å². The van der Waals surface area contributed by atoms with Crippen LogP contribution in [0.2, 0.25) is 0 Å². The van der Waals surface area contributed by atoms with Crippen LogP contribution in [0.25, 0.3) is 11.0 Å². The standard InChI is InChI=1S/C23H33N5O2/c1-17-24-20-15-18(9-10-21(20)28(17)19-7-5-4-6-8-19)23(30)27-13-11-26(12-14-27)16-22(29)25(2)3/h9-10,15,19H,4-8,11-14,16H2,1-3H3. The molecule has 7 heteroatoms. The summed E-state index contributed by atoms with van der Waals surface area (Å²) in [5.41, 5.74) is 2.76. The van der Waals surface area contributed by atoms with E-state index < -0.39 is 0 Å². The number of rotatable bonds is 4. The molecule has 0 N–H and O–H groups in total. The summed E-state index contributed by atoms with van der Waals surface area (Å²) in [6, 6.07) is 6.51. The molecule has 0 unspecified atom stereocenters. The van der Waals surface area contributed by atoms with Crippen molar-refractivity contribution in [2.24, 2.45) is 0 Å². The van der Waals surface area contributed by atoms with Crippen LogP contribution in [-0.4, -0.2) is 82.9 Å². The highest BCUT2D eigenvalue weighted by Crippen LogP contribution is 2.32. The monoisotopic (exact) mass is 411 g/mol. The van der Waals surface area contributed by atoms with Gasteiger partial charge in [0.1, 0.15) is 5.82 Å². The van der Waals surface area contributed by atoms with Crippen molar-refractivity contribution in [3.63, 3.8) is 0 Å². The van der Waals surface area contributed by atoms with Gasteiger partial charge in [-0.15, -0.1) is 0 Å². The molecule has 2 aliphatic rings. The zero-order valence-corrected chi connectivity index (χ0v) is 18.4. The number of hydrogen-bond donors (Lipinski definition) is 0. The number of amides is 2. The highest BCUT2D eigenvalue weighted by atomic mass is 16.2. The van der Waals surface area contributed by atoms with E-state index >= 15 is 0 Å². The average molecular weight is 412 g/mol. The Labute approximate surface area is 178 Å². The first-order valence-corrected chi connectivity index (χ1v) is 11.1. The van der Waals surface area contributed by atoms with E-state index in [9.17, 15) is 9.59 Å². The van der Waals surface area contributed by atoms with Crippen LogP contribution < -0.4 is 0 Å². The molecule has 0 spiro atoms. The van der Waals surface area contributed by atoms with Crippen LogP contribution in [0, 0.1) is 6.92 Å². The van der Waals surface area contributed by atoms with Gasteiger partial charge in [0, 0.05) is 51.9 Å². The van der Waals surface area contributed by atoms with E-state index in [1.807, 2.05) is 17.0 Å². The van der Waals surface area contributed by atoms with Crippen LogP contribution in [0.1, 0.15) is 54.3 Å². The maximum Gasteiger partial charge on any atom is 0.254 e. The lowest BCUT2D eigenvalue weighted by molar-refractivity contribution is -0.130. The Hall–Kier alpha value is -2.41. The largest absolute Gasteiger partial charge is 0.348 e. The smallest absolute Gasteiger partial charge is 0.254 e. The van der Waals surface area contributed by atoms with E-state index in [0.29, 0.717) is 31.2 Å². The molecule has 0 atom stereocenters. The van der Waals surface area contributed by atoms with Crippen molar-refractivity contribution < 1.29 is 9.59 Å². The van der Waals surface area contributed by atoms with E-state index in [2.05, 4.69) is 22.5 Å². The summed E-state index contributed by atoms with van der Waals surface area (Å²) in [6.07, 6.45) is 6.33. The number of carbonyl (C=O) groups is 2. The highest BCUT2D eigenvalue weighted by molar-refractivity contribution is 5.97. The summed E-state index contributed by atoms with van der Waals surface area (Å²) in [5.74, 6) is 1.20. The molecule has 1 saturated carbocycles. The van der Waals surface area contributed by atoms with Crippen LogP contribution in [0.4, 0.5) is 0 Å². The van der Waals surface area contributed by atoms with Crippen molar-refractivity contribution in [2.45, 2.75) is 45.1 Å². The summed E-state index contributed by atoms with van der Waals surface area (Å²) in [5, 5.41) is 0. The SMILES string of the molecule is Cc1nc2cc(C(=O)N3CCN(CC(=O)N(C)C)CC3)ccc2n1C1CCCCC1. The minimum atomic E-state index is 0.0559. The molecule has 2 fully saturated rings. The topological polar surface area (TPSA) is 61.7 Å². The number of carbonyl (C=O) groups excluding carboxylic acids is 2. The number of imidazole rings is 1. The molecule has 1 aliphatic heterocycles. The molecule has 4 rings (SSSR count). The lowest BCUT2D eigenvalue weighted by Gasteiger charge is -2.34. The quantitative estimate of drug-likeness (QED) is 0.776. The molecular weight excluding hydrogens is 378 g/mol. The maximum absolute atomic E-state index is 13.1. The number of benzene rings is 1. The van der Waals surface area contributed by atoms with Crippen LogP contribution >= 0.6 is 0 Å². The number of piperazine rings is 1. The Morgan fingerprint density at radius 3 is 2.43 bits per heavy atom. The number of hydrogen-bond acceptors (Lipinski definition) is 4. The molecule has 1 aromatic heterocycles. The molecule has 1 saturated heterocycles. The molecule has 30 heavy (non-hydrogen) atoms. The Bertz CT molecular complexity index is 921. The molecule has 1 aromatic carbocycles. The van der Waals surface area contributed by atoms with Crippen LogP contribution in [0.5, 0.6) is 0 Å². The van der Waals surface area contributed by atoms with E-state index in [-0.39, 0.29) is 11.8 Å². The zero-order valence-electron chi connectivity index (χ0n) is 18.4. The number of aryl methyl sites for hydroxylation is 1.